The number of amides is 1. The Kier molecular flexibility index (Phi) is 5.89. The van der Waals surface area contributed by atoms with Gasteiger partial charge in [0.05, 0.1) is 23.9 Å². The zero-order chi connectivity index (χ0) is 20.1. The number of nitrogens with zero attached hydrogens (tertiary/aromatic N) is 1. The van der Waals surface area contributed by atoms with Crippen molar-refractivity contribution in [3.63, 3.8) is 0 Å². The standard InChI is InChI=1S/C22H22N2O4/c1-14-18-6-4-5-7-19(18)24-15(2)21(14)22(26)28-13-20(25)23-12-16-8-10-17(27-3)11-9-16/h4-11H,12-13H2,1-3H3,(H,23,25). The first-order valence-electron chi connectivity index (χ1n) is 8.92. The number of pyridine rings is 1. The van der Waals surface area contributed by atoms with Gasteiger partial charge in [0.15, 0.2) is 6.61 Å². The minimum absolute atomic E-state index is 0.343. The number of fused-ring (bicyclic) bond motifs is 1. The first-order chi connectivity index (χ1) is 13.5. The number of hydrogen-bond donors (Lipinski definition) is 1. The van der Waals surface area contributed by atoms with E-state index >= 15 is 0 Å². The van der Waals surface area contributed by atoms with Crippen LogP contribution < -0.4 is 10.1 Å². The number of aromatic nitrogens is 1. The normalized spacial score (nSPS) is 10.5. The molecule has 0 aliphatic carbocycles. The zero-order valence-electron chi connectivity index (χ0n) is 16.1. The highest BCUT2D eigenvalue weighted by Gasteiger charge is 2.18. The molecule has 2 aromatic carbocycles. The minimum atomic E-state index is -0.548. The summed E-state index contributed by atoms with van der Waals surface area (Å²) >= 11 is 0. The molecule has 0 spiro atoms. The Labute approximate surface area is 163 Å². The van der Waals surface area contributed by atoms with Gasteiger partial charge in [0, 0.05) is 11.9 Å². The second-order valence-corrected chi connectivity index (χ2v) is 6.42. The average molecular weight is 378 g/mol. The van der Waals surface area contributed by atoms with Crippen LogP contribution in [0.3, 0.4) is 0 Å². The van der Waals surface area contributed by atoms with Gasteiger partial charge in [0.2, 0.25) is 0 Å². The molecule has 1 amide bonds. The smallest absolute Gasteiger partial charge is 0.340 e. The summed E-state index contributed by atoms with van der Waals surface area (Å²) in [5.74, 6) is -0.167. The number of methoxy groups -OCH3 is 1. The summed E-state index contributed by atoms with van der Waals surface area (Å²) < 4.78 is 10.3. The molecule has 1 heterocycles. The Morgan fingerprint density at radius 2 is 1.75 bits per heavy atom. The predicted molar refractivity (Wildman–Crippen MR) is 106 cm³/mol. The van der Waals surface area contributed by atoms with E-state index in [1.165, 1.54) is 0 Å². The summed E-state index contributed by atoms with van der Waals surface area (Å²) in [6, 6.07) is 15.0. The third-order valence-electron chi connectivity index (χ3n) is 4.52. The molecular formula is C22H22N2O4. The third kappa shape index (κ3) is 4.28. The fourth-order valence-electron chi connectivity index (χ4n) is 3.03. The van der Waals surface area contributed by atoms with Crippen LogP contribution in [0.2, 0.25) is 0 Å². The van der Waals surface area contributed by atoms with Gasteiger partial charge in [-0.1, -0.05) is 30.3 Å². The Hall–Kier alpha value is -3.41. The van der Waals surface area contributed by atoms with E-state index in [4.69, 9.17) is 9.47 Å². The third-order valence-corrected chi connectivity index (χ3v) is 4.52. The molecule has 6 nitrogen and oxygen atoms in total. The second kappa shape index (κ2) is 8.52. The van der Waals surface area contributed by atoms with Gasteiger partial charge in [-0.15, -0.1) is 0 Å². The number of nitrogens with one attached hydrogen (secondary N) is 1. The van der Waals surface area contributed by atoms with E-state index in [1.807, 2.05) is 55.5 Å². The van der Waals surface area contributed by atoms with E-state index in [-0.39, 0.29) is 12.5 Å². The van der Waals surface area contributed by atoms with Crippen molar-refractivity contribution in [3.05, 3.63) is 70.9 Å². The summed E-state index contributed by atoms with van der Waals surface area (Å²) in [6.07, 6.45) is 0. The molecule has 0 atom stereocenters. The Morgan fingerprint density at radius 3 is 2.46 bits per heavy atom. The summed E-state index contributed by atoms with van der Waals surface area (Å²) in [5, 5.41) is 3.62. The fourth-order valence-corrected chi connectivity index (χ4v) is 3.03. The van der Waals surface area contributed by atoms with Crippen LogP contribution in [-0.4, -0.2) is 30.6 Å². The number of carbonyl (C=O) groups is 2. The molecular weight excluding hydrogens is 356 g/mol. The van der Waals surface area contributed by atoms with Crippen LogP contribution in [0.25, 0.3) is 10.9 Å². The van der Waals surface area contributed by atoms with E-state index in [0.29, 0.717) is 17.8 Å². The molecule has 1 N–H and O–H groups in total. The summed E-state index contributed by atoms with van der Waals surface area (Å²) in [5.41, 5.74) is 3.53. The molecule has 0 aliphatic rings. The largest absolute Gasteiger partial charge is 0.497 e. The lowest BCUT2D eigenvalue weighted by atomic mass is 10.0. The molecule has 0 bridgehead atoms. The molecule has 0 aliphatic heterocycles. The van der Waals surface area contributed by atoms with Crippen LogP contribution in [-0.2, 0) is 16.1 Å². The number of hydrogen-bond acceptors (Lipinski definition) is 5. The number of ether oxygens (including phenoxy) is 2. The van der Waals surface area contributed by atoms with Crippen LogP contribution >= 0.6 is 0 Å². The fraction of sp³-hybridized carbons (Fsp3) is 0.227. The molecule has 144 valence electrons. The van der Waals surface area contributed by atoms with Crippen molar-refractivity contribution in [2.75, 3.05) is 13.7 Å². The monoisotopic (exact) mass is 378 g/mol. The van der Waals surface area contributed by atoms with E-state index in [2.05, 4.69) is 10.3 Å². The van der Waals surface area contributed by atoms with Gasteiger partial charge in [-0.05, 0) is 43.2 Å². The van der Waals surface area contributed by atoms with Gasteiger partial charge in [0.1, 0.15) is 5.75 Å². The summed E-state index contributed by atoms with van der Waals surface area (Å²) in [7, 11) is 1.60. The van der Waals surface area contributed by atoms with E-state index in [1.54, 1.807) is 14.0 Å². The lowest BCUT2D eigenvalue weighted by Gasteiger charge is -2.12. The Morgan fingerprint density at radius 1 is 1.04 bits per heavy atom. The maximum absolute atomic E-state index is 12.5. The maximum atomic E-state index is 12.5. The lowest BCUT2D eigenvalue weighted by molar-refractivity contribution is -0.124. The SMILES string of the molecule is COc1ccc(CNC(=O)COC(=O)c2c(C)nc3ccccc3c2C)cc1. The number of benzene rings is 2. The molecule has 6 heteroatoms. The number of para-hydroxylation sites is 1. The van der Waals surface area contributed by atoms with Crippen molar-refractivity contribution in [1.29, 1.82) is 0 Å². The van der Waals surface area contributed by atoms with Gasteiger partial charge < -0.3 is 14.8 Å². The molecule has 3 aromatic rings. The zero-order valence-corrected chi connectivity index (χ0v) is 16.1. The van der Waals surface area contributed by atoms with Gasteiger partial charge in [-0.25, -0.2) is 4.79 Å². The highest BCUT2D eigenvalue weighted by Crippen LogP contribution is 2.23. The van der Waals surface area contributed by atoms with Gasteiger partial charge in [-0.2, -0.15) is 0 Å². The van der Waals surface area contributed by atoms with Crippen molar-refractivity contribution < 1.29 is 19.1 Å². The van der Waals surface area contributed by atoms with Crippen LogP contribution in [0.15, 0.2) is 48.5 Å². The van der Waals surface area contributed by atoms with E-state index in [9.17, 15) is 9.59 Å². The Bertz CT molecular complexity index is 1010. The molecule has 28 heavy (non-hydrogen) atoms. The molecule has 1 aromatic heterocycles. The Balaban J connectivity index is 1.60. The maximum Gasteiger partial charge on any atom is 0.340 e. The van der Waals surface area contributed by atoms with Crippen molar-refractivity contribution in [3.8, 4) is 5.75 Å². The molecule has 0 radical (unpaired) electrons. The highest BCUT2D eigenvalue weighted by molar-refractivity contribution is 5.99. The predicted octanol–water partition coefficient (Wildman–Crippen LogP) is 3.33. The lowest BCUT2D eigenvalue weighted by Crippen LogP contribution is -2.28. The quantitative estimate of drug-likeness (QED) is 0.666. The number of rotatable bonds is 6. The summed E-state index contributed by atoms with van der Waals surface area (Å²) in [6.45, 7) is 3.62. The highest BCUT2D eigenvalue weighted by atomic mass is 16.5. The summed E-state index contributed by atoms with van der Waals surface area (Å²) in [4.78, 5) is 29.0. The topological polar surface area (TPSA) is 77.5 Å². The molecule has 3 rings (SSSR count). The van der Waals surface area contributed by atoms with Crippen molar-refractivity contribution >= 4 is 22.8 Å². The van der Waals surface area contributed by atoms with Crippen LogP contribution in [0.5, 0.6) is 5.75 Å². The number of carbonyl (C=O) groups excluding carboxylic acids is 2. The molecule has 0 saturated carbocycles. The van der Waals surface area contributed by atoms with E-state index < -0.39 is 5.97 Å². The van der Waals surface area contributed by atoms with Crippen LogP contribution in [0.1, 0.15) is 27.2 Å². The number of esters is 1. The second-order valence-electron chi connectivity index (χ2n) is 6.42. The van der Waals surface area contributed by atoms with Crippen molar-refractivity contribution in [1.82, 2.24) is 10.3 Å². The molecule has 0 unspecified atom stereocenters. The van der Waals surface area contributed by atoms with Gasteiger partial charge in [-0.3, -0.25) is 9.78 Å². The first kappa shape index (κ1) is 19.4. The minimum Gasteiger partial charge on any atom is -0.497 e. The van der Waals surface area contributed by atoms with Crippen LogP contribution in [0.4, 0.5) is 0 Å². The first-order valence-corrected chi connectivity index (χ1v) is 8.92. The molecule has 0 saturated heterocycles. The van der Waals surface area contributed by atoms with Crippen molar-refractivity contribution in [2.45, 2.75) is 20.4 Å². The van der Waals surface area contributed by atoms with Crippen molar-refractivity contribution in [2.24, 2.45) is 0 Å². The van der Waals surface area contributed by atoms with Crippen LogP contribution in [0, 0.1) is 13.8 Å². The number of aryl methyl sites for hydroxylation is 2. The average Bonchev–Trinajstić information content (AvgIpc) is 2.71. The van der Waals surface area contributed by atoms with Gasteiger partial charge >= 0.3 is 5.97 Å². The molecule has 0 fully saturated rings. The van der Waals surface area contributed by atoms with Gasteiger partial charge in [0.25, 0.3) is 5.91 Å². The van der Waals surface area contributed by atoms with E-state index in [0.717, 1.165) is 27.8 Å².